The standard InChI is InChI=1S/C16H11F6N5O2S/c1-9-13(3-2-4-14(9)27-8-23-25-26-27)24-30(28,29)12-6-10(15(17,18)19)5-11(7-12)16(20,21)22/h2-8,24H,1H3. The second-order valence-corrected chi connectivity index (χ2v) is 7.73. The lowest BCUT2D eigenvalue weighted by Crippen LogP contribution is -2.18. The Morgan fingerprint density at radius 1 is 0.967 bits per heavy atom. The van der Waals surface area contributed by atoms with Gasteiger partial charge in [-0.3, -0.25) is 4.72 Å². The molecule has 30 heavy (non-hydrogen) atoms. The van der Waals surface area contributed by atoms with Crippen LogP contribution in [0, 0.1) is 6.92 Å². The molecular formula is C16H11F6N5O2S. The van der Waals surface area contributed by atoms with Gasteiger partial charge in [-0.2, -0.15) is 26.3 Å². The van der Waals surface area contributed by atoms with E-state index in [9.17, 15) is 34.8 Å². The van der Waals surface area contributed by atoms with Gasteiger partial charge in [-0.05, 0) is 53.2 Å². The minimum Gasteiger partial charge on any atom is -0.279 e. The number of nitrogens with zero attached hydrogens (tertiary/aromatic N) is 4. The third-order valence-electron chi connectivity index (χ3n) is 4.02. The molecule has 0 amide bonds. The van der Waals surface area contributed by atoms with Gasteiger partial charge < -0.3 is 0 Å². The Morgan fingerprint density at radius 2 is 1.57 bits per heavy atom. The van der Waals surface area contributed by atoms with Crippen LogP contribution in [0.1, 0.15) is 16.7 Å². The first-order valence-corrected chi connectivity index (χ1v) is 9.42. The van der Waals surface area contributed by atoms with Crippen LogP contribution in [-0.2, 0) is 22.4 Å². The second-order valence-electron chi connectivity index (χ2n) is 6.05. The highest BCUT2D eigenvalue weighted by Gasteiger charge is 2.38. The number of nitrogens with one attached hydrogen (secondary N) is 1. The van der Waals surface area contributed by atoms with Crippen LogP contribution in [0.2, 0.25) is 0 Å². The van der Waals surface area contributed by atoms with Crippen molar-refractivity contribution >= 4 is 15.7 Å². The maximum atomic E-state index is 13.0. The zero-order chi connectivity index (χ0) is 22.3. The predicted molar refractivity (Wildman–Crippen MR) is 91.1 cm³/mol. The molecule has 160 valence electrons. The van der Waals surface area contributed by atoms with Crippen molar-refractivity contribution in [3.63, 3.8) is 0 Å². The molecule has 0 radical (unpaired) electrons. The first-order valence-electron chi connectivity index (χ1n) is 7.94. The summed E-state index contributed by atoms with van der Waals surface area (Å²) in [6, 6.07) is 4.36. The minimum atomic E-state index is -5.18. The monoisotopic (exact) mass is 451 g/mol. The first kappa shape index (κ1) is 21.5. The fourth-order valence-corrected chi connectivity index (χ4v) is 3.73. The summed E-state index contributed by atoms with van der Waals surface area (Å²) in [4.78, 5) is -1.18. The molecule has 1 heterocycles. The predicted octanol–water partition coefficient (Wildman–Crippen LogP) is 3.81. The van der Waals surface area contributed by atoms with E-state index in [1.165, 1.54) is 36.1 Å². The van der Waals surface area contributed by atoms with Crippen molar-refractivity contribution in [1.29, 1.82) is 0 Å². The second kappa shape index (κ2) is 7.27. The van der Waals surface area contributed by atoms with Gasteiger partial charge in [-0.25, -0.2) is 13.1 Å². The maximum absolute atomic E-state index is 13.0. The number of hydrogen-bond acceptors (Lipinski definition) is 5. The van der Waals surface area contributed by atoms with Crippen molar-refractivity contribution in [3.05, 3.63) is 59.4 Å². The lowest BCUT2D eigenvalue weighted by Gasteiger charge is -2.16. The smallest absolute Gasteiger partial charge is 0.279 e. The van der Waals surface area contributed by atoms with Gasteiger partial charge in [-0.15, -0.1) is 5.10 Å². The Hall–Kier alpha value is -3.16. The summed E-state index contributed by atoms with van der Waals surface area (Å²) in [5.41, 5.74) is -2.92. The van der Waals surface area contributed by atoms with Crippen LogP contribution in [-0.4, -0.2) is 28.6 Å². The average molecular weight is 451 g/mol. The zero-order valence-electron chi connectivity index (χ0n) is 14.8. The molecule has 2 aromatic carbocycles. The van der Waals surface area contributed by atoms with E-state index in [1.807, 2.05) is 4.72 Å². The van der Waals surface area contributed by atoms with Gasteiger partial charge in [0, 0.05) is 0 Å². The number of halogens is 6. The Morgan fingerprint density at radius 3 is 2.07 bits per heavy atom. The molecule has 0 unspecified atom stereocenters. The minimum absolute atomic E-state index is 0.0750. The number of sulfonamides is 1. The summed E-state index contributed by atoms with van der Waals surface area (Å²) in [6.07, 6.45) is -9.13. The summed E-state index contributed by atoms with van der Waals surface area (Å²) in [5.74, 6) is 0. The van der Waals surface area contributed by atoms with Crippen LogP contribution in [0.25, 0.3) is 5.69 Å². The fourth-order valence-electron chi connectivity index (χ4n) is 2.54. The molecule has 0 spiro atoms. The van der Waals surface area contributed by atoms with Crippen molar-refractivity contribution in [2.24, 2.45) is 0 Å². The largest absolute Gasteiger partial charge is 0.416 e. The molecule has 0 aliphatic carbocycles. The van der Waals surface area contributed by atoms with Gasteiger partial charge in [0.05, 0.1) is 27.4 Å². The Kier molecular flexibility index (Phi) is 5.22. The van der Waals surface area contributed by atoms with E-state index in [2.05, 4.69) is 15.5 Å². The van der Waals surface area contributed by atoms with Crippen LogP contribution in [0.5, 0.6) is 0 Å². The quantitative estimate of drug-likeness (QED) is 0.610. The van der Waals surface area contributed by atoms with Gasteiger partial charge in [0.15, 0.2) is 0 Å². The van der Waals surface area contributed by atoms with E-state index in [0.717, 1.165) is 0 Å². The molecule has 0 saturated carbocycles. The third-order valence-corrected chi connectivity index (χ3v) is 5.36. The van der Waals surface area contributed by atoms with Crippen LogP contribution in [0.4, 0.5) is 32.0 Å². The Labute approximate surface area is 165 Å². The molecule has 0 aliphatic heterocycles. The molecule has 1 N–H and O–H groups in total. The highest BCUT2D eigenvalue weighted by atomic mass is 32.2. The van der Waals surface area contributed by atoms with Crippen molar-refractivity contribution in [2.45, 2.75) is 24.2 Å². The van der Waals surface area contributed by atoms with Crippen molar-refractivity contribution in [2.75, 3.05) is 4.72 Å². The van der Waals surface area contributed by atoms with Crippen LogP contribution in [0.3, 0.4) is 0 Å². The molecule has 3 aromatic rings. The first-order chi connectivity index (χ1) is 13.8. The lowest BCUT2D eigenvalue weighted by atomic mass is 10.1. The van der Waals surface area contributed by atoms with Crippen molar-refractivity contribution in [3.8, 4) is 5.69 Å². The highest BCUT2D eigenvalue weighted by molar-refractivity contribution is 7.92. The van der Waals surface area contributed by atoms with Gasteiger partial charge in [-0.1, -0.05) is 6.07 Å². The van der Waals surface area contributed by atoms with Gasteiger partial charge in [0.2, 0.25) is 0 Å². The topological polar surface area (TPSA) is 89.8 Å². The number of alkyl halides is 6. The summed E-state index contributed by atoms with van der Waals surface area (Å²) in [6.45, 7) is 1.47. The molecule has 3 rings (SSSR count). The number of hydrogen-bond donors (Lipinski definition) is 1. The molecule has 0 fully saturated rings. The van der Waals surface area contributed by atoms with Crippen LogP contribution >= 0.6 is 0 Å². The molecule has 0 aliphatic rings. The van der Waals surface area contributed by atoms with E-state index < -0.39 is 38.4 Å². The number of rotatable bonds is 4. The van der Waals surface area contributed by atoms with Crippen molar-refractivity contribution < 1.29 is 34.8 Å². The van der Waals surface area contributed by atoms with E-state index >= 15 is 0 Å². The average Bonchev–Trinajstić information content (AvgIpc) is 3.16. The summed E-state index contributed by atoms with van der Waals surface area (Å²) in [5, 5.41) is 10.5. The molecular weight excluding hydrogens is 440 g/mol. The Bertz CT molecular complexity index is 1140. The van der Waals surface area contributed by atoms with Crippen LogP contribution in [0.15, 0.2) is 47.6 Å². The lowest BCUT2D eigenvalue weighted by molar-refractivity contribution is -0.143. The highest BCUT2D eigenvalue weighted by Crippen LogP contribution is 2.37. The number of tetrazole rings is 1. The van der Waals surface area contributed by atoms with Gasteiger partial charge >= 0.3 is 12.4 Å². The molecule has 0 saturated heterocycles. The number of benzene rings is 2. The number of aromatic nitrogens is 4. The molecule has 0 atom stereocenters. The summed E-state index contributed by atoms with van der Waals surface area (Å²) in [7, 11) is -4.80. The van der Waals surface area contributed by atoms with E-state index in [-0.39, 0.29) is 29.4 Å². The zero-order valence-corrected chi connectivity index (χ0v) is 15.6. The molecule has 1 aromatic heterocycles. The van der Waals surface area contributed by atoms with Crippen LogP contribution < -0.4 is 4.72 Å². The molecule has 7 nitrogen and oxygen atoms in total. The van der Waals surface area contributed by atoms with Gasteiger partial charge in [0.25, 0.3) is 10.0 Å². The van der Waals surface area contributed by atoms with E-state index in [0.29, 0.717) is 5.69 Å². The number of anilines is 1. The maximum Gasteiger partial charge on any atom is 0.416 e. The normalized spacial score (nSPS) is 12.8. The van der Waals surface area contributed by atoms with Gasteiger partial charge in [0.1, 0.15) is 6.33 Å². The SMILES string of the molecule is Cc1c(NS(=O)(=O)c2cc(C(F)(F)F)cc(C(F)(F)F)c2)cccc1-n1cnnn1. The molecule has 14 heteroatoms. The fraction of sp³-hybridized carbons (Fsp3) is 0.188. The Balaban J connectivity index is 2.08. The van der Waals surface area contributed by atoms with Crippen molar-refractivity contribution in [1.82, 2.24) is 20.2 Å². The van der Waals surface area contributed by atoms with E-state index in [4.69, 9.17) is 0 Å². The summed E-state index contributed by atoms with van der Waals surface area (Å²) >= 11 is 0. The summed E-state index contributed by atoms with van der Waals surface area (Å²) < 4.78 is 107. The third kappa shape index (κ3) is 4.37. The van der Waals surface area contributed by atoms with E-state index in [1.54, 1.807) is 0 Å². The molecule has 0 bridgehead atoms.